The van der Waals surface area contributed by atoms with Crippen molar-refractivity contribution in [1.82, 2.24) is 0 Å². The summed E-state index contributed by atoms with van der Waals surface area (Å²) >= 11 is 4.44. The molecule has 0 aromatic carbocycles. The summed E-state index contributed by atoms with van der Waals surface area (Å²) in [4.78, 5) is 21.9. The van der Waals surface area contributed by atoms with Crippen LogP contribution in [0.15, 0.2) is 24.3 Å². The molecule has 0 nitrogen and oxygen atoms in total. The zero-order valence-electron chi connectivity index (χ0n) is 33.5. The van der Waals surface area contributed by atoms with Crippen molar-refractivity contribution in [3.8, 4) is 19.5 Å². The Morgan fingerprint density at radius 2 is 0.680 bits per heavy atom. The van der Waals surface area contributed by atoms with Gasteiger partial charge in [-0.25, -0.2) is 0 Å². The first kappa shape index (κ1) is 43.4. The second-order valence-corrected chi connectivity index (χ2v) is 52.2. The summed E-state index contributed by atoms with van der Waals surface area (Å²) in [7, 11) is 0. The van der Waals surface area contributed by atoms with E-state index in [4.69, 9.17) is 0 Å². The van der Waals surface area contributed by atoms with Crippen LogP contribution in [0.3, 0.4) is 0 Å². The van der Waals surface area contributed by atoms with Crippen LogP contribution in [-0.2, 0) is 12.8 Å². The zero-order chi connectivity index (χ0) is 36.0. The van der Waals surface area contributed by atoms with E-state index < -0.39 is 36.8 Å². The van der Waals surface area contributed by atoms with Crippen molar-refractivity contribution in [3.63, 3.8) is 0 Å². The molecule has 50 heavy (non-hydrogen) atoms. The standard InChI is InChI=1S/C38H54S4.6CH3.2Sn/c1-3-5-7-9-11-13-15-17-19-21-25-31-35(33-27-23-29-39-33)41-38-32(36(42-37(31)38)34-28-24-30-40-34)26-22-20-18-16-14-12-10-8-6-4-2;;;;;;;;/h23-24,27-28H,3-22,25-26H2,1-2H3;6*1H3;;. The third kappa shape index (κ3) is 13.4. The van der Waals surface area contributed by atoms with Crippen LogP contribution in [0.1, 0.15) is 153 Å². The summed E-state index contributed by atoms with van der Waals surface area (Å²) in [6.45, 7) is 4.64. The van der Waals surface area contributed by atoms with Gasteiger partial charge in [-0.05, 0) is 0 Å². The van der Waals surface area contributed by atoms with E-state index >= 15 is 0 Å². The molecule has 4 aromatic heterocycles. The van der Waals surface area contributed by atoms with E-state index in [9.17, 15) is 0 Å². The molecule has 0 atom stereocenters. The molecule has 0 aliphatic carbocycles. The summed E-state index contributed by atoms with van der Waals surface area (Å²) in [5.41, 5.74) is 3.41. The van der Waals surface area contributed by atoms with Gasteiger partial charge in [0.05, 0.1) is 0 Å². The number of rotatable bonds is 26. The Hall–Kier alpha value is 0.657. The second kappa shape index (κ2) is 22.3. The molecule has 0 unspecified atom stereocenters. The topological polar surface area (TPSA) is 0 Å². The molecular weight excluding hydrogens is 894 g/mol. The van der Waals surface area contributed by atoms with Crippen LogP contribution in [0.25, 0.3) is 28.9 Å². The Morgan fingerprint density at radius 1 is 0.380 bits per heavy atom. The molecule has 0 aliphatic rings. The van der Waals surface area contributed by atoms with Crippen LogP contribution in [0.2, 0.25) is 29.6 Å². The average molecular weight is 967 g/mol. The van der Waals surface area contributed by atoms with E-state index in [1.807, 2.05) is 0 Å². The molecule has 0 fully saturated rings. The molecule has 0 saturated heterocycles. The number of aryl methyl sites for hydroxylation is 2. The summed E-state index contributed by atoms with van der Waals surface area (Å²) in [6, 6.07) is 10.0. The summed E-state index contributed by atoms with van der Waals surface area (Å²) in [5, 5.41) is 0. The van der Waals surface area contributed by atoms with E-state index in [0.29, 0.717) is 0 Å². The van der Waals surface area contributed by atoms with Crippen LogP contribution in [0.4, 0.5) is 0 Å². The van der Waals surface area contributed by atoms with E-state index in [1.54, 1.807) is 45.8 Å². The third-order valence-electron chi connectivity index (χ3n) is 10.4. The Labute approximate surface area is 333 Å². The Balaban J connectivity index is 1.55. The van der Waals surface area contributed by atoms with E-state index in [-0.39, 0.29) is 0 Å². The van der Waals surface area contributed by atoms with Gasteiger partial charge in [0.25, 0.3) is 0 Å². The van der Waals surface area contributed by atoms with Crippen LogP contribution in [0, 0.1) is 0 Å². The summed E-state index contributed by atoms with van der Waals surface area (Å²) in [5.74, 6) is 0. The molecule has 0 spiro atoms. The fourth-order valence-corrected chi connectivity index (χ4v) is 23.1. The Kier molecular flexibility index (Phi) is 19.3. The Bertz CT molecular complexity index is 1410. The minimum absolute atomic E-state index is 1.25. The van der Waals surface area contributed by atoms with Crippen LogP contribution in [-0.4, -0.2) is 36.8 Å². The van der Waals surface area contributed by atoms with Gasteiger partial charge in [0.15, 0.2) is 0 Å². The van der Waals surface area contributed by atoms with Crippen molar-refractivity contribution in [3.05, 3.63) is 35.4 Å². The second-order valence-electron chi connectivity index (χ2n) is 17.2. The molecule has 4 heterocycles. The van der Waals surface area contributed by atoms with E-state index in [2.05, 4.69) is 113 Å². The minimum atomic E-state index is -2.11. The molecule has 280 valence electrons. The van der Waals surface area contributed by atoms with Gasteiger partial charge in [-0.1, -0.05) is 65.2 Å². The molecule has 0 radical (unpaired) electrons. The maximum atomic E-state index is 2.58. The first-order valence-electron chi connectivity index (χ1n) is 20.8. The molecule has 4 rings (SSSR count). The van der Waals surface area contributed by atoms with Crippen molar-refractivity contribution in [1.29, 1.82) is 0 Å². The molecule has 0 amide bonds. The number of thiophene rings is 4. The fourth-order valence-electron chi connectivity index (χ4n) is 7.18. The molecular formula is C44H72S4Sn2. The number of unbranched alkanes of at least 4 members (excludes halogenated alkanes) is 18. The van der Waals surface area contributed by atoms with Crippen molar-refractivity contribution in [2.75, 3.05) is 0 Å². The van der Waals surface area contributed by atoms with Gasteiger partial charge in [0.2, 0.25) is 0 Å². The molecule has 0 N–H and O–H groups in total. The monoisotopic (exact) mass is 968 g/mol. The SMILES string of the molecule is CCCCCCCCCCCCc1c(-c2cc[c]([Sn]([CH3])([CH3])[CH3])s2)sc2c(CCCCCCCCCCCC)c(-c3cc[c]([Sn]([CH3])([CH3])[CH3])s3)sc12. The van der Waals surface area contributed by atoms with Crippen molar-refractivity contribution >= 4 is 97.3 Å². The van der Waals surface area contributed by atoms with Gasteiger partial charge in [0.1, 0.15) is 0 Å². The molecule has 6 heteroatoms. The predicted molar refractivity (Wildman–Crippen MR) is 243 cm³/mol. The number of hydrogen-bond acceptors (Lipinski definition) is 4. The van der Waals surface area contributed by atoms with Gasteiger partial charge in [-0.3, -0.25) is 0 Å². The first-order chi connectivity index (χ1) is 24.0. The van der Waals surface area contributed by atoms with Gasteiger partial charge < -0.3 is 0 Å². The van der Waals surface area contributed by atoms with Crippen molar-refractivity contribution in [2.45, 2.75) is 185 Å². The molecule has 0 saturated carbocycles. The van der Waals surface area contributed by atoms with Crippen molar-refractivity contribution < 1.29 is 0 Å². The zero-order valence-corrected chi connectivity index (χ0v) is 42.5. The van der Waals surface area contributed by atoms with E-state index in [0.717, 1.165) is 0 Å². The molecule has 0 bridgehead atoms. The predicted octanol–water partition coefficient (Wildman–Crippen LogP) is 16.4. The average Bonchev–Trinajstić information content (AvgIpc) is 3.87. The third-order valence-corrected chi connectivity index (χ3v) is 34.6. The van der Waals surface area contributed by atoms with E-state index in [1.165, 1.54) is 141 Å². The quantitative estimate of drug-likeness (QED) is 0.0435. The summed E-state index contributed by atoms with van der Waals surface area (Å²) < 4.78 is 6.76. The van der Waals surface area contributed by atoms with Gasteiger partial charge in [-0.15, -0.1) is 0 Å². The van der Waals surface area contributed by atoms with Crippen LogP contribution >= 0.6 is 45.3 Å². The van der Waals surface area contributed by atoms with Gasteiger partial charge in [0, 0.05) is 0 Å². The van der Waals surface area contributed by atoms with Gasteiger partial charge in [-0.2, -0.15) is 0 Å². The first-order valence-corrected chi connectivity index (χ1v) is 44.1. The number of hydrogen-bond donors (Lipinski definition) is 0. The van der Waals surface area contributed by atoms with Crippen LogP contribution in [0.5, 0.6) is 0 Å². The van der Waals surface area contributed by atoms with Gasteiger partial charge >= 0.3 is 272 Å². The normalized spacial score (nSPS) is 12.6. The molecule has 4 aromatic rings. The Morgan fingerprint density at radius 3 is 0.960 bits per heavy atom. The van der Waals surface area contributed by atoms with Crippen LogP contribution < -0.4 is 5.79 Å². The summed E-state index contributed by atoms with van der Waals surface area (Å²) in [6.07, 6.45) is 30.7. The fraction of sp³-hybridized carbons (Fsp3) is 0.682. The number of fused-ring (bicyclic) bond motifs is 1. The van der Waals surface area contributed by atoms with Crippen molar-refractivity contribution in [2.24, 2.45) is 0 Å². The maximum absolute atomic E-state index is 2.58. The molecule has 0 aliphatic heterocycles.